The van der Waals surface area contributed by atoms with Gasteiger partial charge in [0.25, 0.3) is 0 Å². The summed E-state index contributed by atoms with van der Waals surface area (Å²) in [4.78, 5) is 21.1. The van der Waals surface area contributed by atoms with E-state index < -0.39 is 0 Å². The minimum absolute atomic E-state index is 0.0589. The van der Waals surface area contributed by atoms with Crippen molar-refractivity contribution in [1.29, 1.82) is 0 Å². The topological polar surface area (TPSA) is 68.0 Å². The number of nitrogens with zero attached hydrogens (tertiary/aromatic N) is 2. The van der Waals surface area contributed by atoms with Gasteiger partial charge in [0.1, 0.15) is 5.52 Å². The van der Waals surface area contributed by atoms with Gasteiger partial charge in [-0.05, 0) is 30.3 Å². The molecule has 1 N–H and O–H groups in total. The molecule has 0 radical (unpaired) electrons. The SMILES string of the molecule is Cc1nc2cc(NC(=O)CSc3ccncc3)ccc2o1. The van der Waals surface area contributed by atoms with Gasteiger partial charge in [-0.15, -0.1) is 11.8 Å². The average Bonchev–Trinajstić information content (AvgIpc) is 2.85. The molecule has 1 aromatic carbocycles. The molecule has 0 atom stereocenters. The number of hydrogen-bond acceptors (Lipinski definition) is 5. The molecule has 0 aliphatic rings. The number of carbonyl (C=O) groups excluding carboxylic acids is 1. The Kier molecular flexibility index (Phi) is 3.87. The highest BCUT2D eigenvalue weighted by molar-refractivity contribution is 8.00. The van der Waals surface area contributed by atoms with E-state index in [9.17, 15) is 4.79 Å². The van der Waals surface area contributed by atoms with E-state index in [-0.39, 0.29) is 5.91 Å². The van der Waals surface area contributed by atoms with E-state index in [1.165, 1.54) is 11.8 Å². The molecule has 5 nitrogen and oxygen atoms in total. The fourth-order valence-electron chi connectivity index (χ4n) is 1.90. The van der Waals surface area contributed by atoms with Gasteiger partial charge in [-0.3, -0.25) is 9.78 Å². The zero-order chi connectivity index (χ0) is 14.7. The van der Waals surface area contributed by atoms with Crippen LogP contribution in [0.15, 0.2) is 52.0 Å². The fraction of sp³-hybridized carbons (Fsp3) is 0.133. The van der Waals surface area contributed by atoms with Crippen LogP contribution in [0.25, 0.3) is 11.1 Å². The first-order chi connectivity index (χ1) is 10.2. The number of amides is 1. The Bertz CT molecular complexity index is 771. The van der Waals surface area contributed by atoms with Gasteiger partial charge in [-0.1, -0.05) is 0 Å². The summed E-state index contributed by atoms with van der Waals surface area (Å²) in [6.07, 6.45) is 3.42. The van der Waals surface area contributed by atoms with Crippen molar-refractivity contribution in [3.63, 3.8) is 0 Å². The second kappa shape index (κ2) is 5.97. The Morgan fingerprint density at radius 2 is 2.10 bits per heavy atom. The van der Waals surface area contributed by atoms with Gasteiger partial charge >= 0.3 is 0 Å². The molecule has 0 unspecified atom stereocenters. The second-order valence-electron chi connectivity index (χ2n) is 4.44. The Hall–Kier alpha value is -2.34. The van der Waals surface area contributed by atoms with Gasteiger partial charge in [0, 0.05) is 29.9 Å². The van der Waals surface area contributed by atoms with Crippen molar-refractivity contribution >= 4 is 34.5 Å². The minimum atomic E-state index is -0.0589. The molecule has 3 rings (SSSR count). The highest BCUT2D eigenvalue weighted by Gasteiger charge is 2.07. The van der Waals surface area contributed by atoms with Gasteiger partial charge in [0.15, 0.2) is 11.5 Å². The summed E-state index contributed by atoms with van der Waals surface area (Å²) in [5.41, 5.74) is 2.18. The summed E-state index contributed by atoms with van der Waals surface area (Å²) in [5, 5.41) is 2.86. The Morgan fingerprint density at radius 1 is 1.29 bits per heavy atom. The summed E-state index contributed by atoms with van der Waals surface area (Å²) in [7, 11) is 0. The third-order valence-corrected chi connectivity index (χ3v) is 3.81. The first-order valence-corrected chi connectivity index (χ1v) is 7.39. The number of carbonyl (C=O) groups is 1. The number of thioether (sulfide) groups is 1. The molecule has 6 heteroatoms. The van der Waals surface area contributed by atoms with Crippen LogP contribution in [-0.4, -0.2) is 21.6 Å². The molecule has 0 aliphatic carbocycles. The monoisotopic (exact) mass is 299 g/mol. The molecule has 2 aromatic heterocycles. The van der Waals surface area contributed by atoms with Gasteiger partial charge in [0.2, 0.25) is 5.91 Å². The lowest BCUT2D eigenvalue weighted by Crippen LogP contribution is -2.13. The van der Waals surface area contributed by atoms with Crippen molar-refractivity contribution in [2.45, 2.75) is 11.8 Å². The van der Waals surface area contributed by atoms with Crippen LogP contribution in [0.3, 0.4) is 0 Å². The molecule has 0 saturated carbocycles. The maximum Gasteiger partial charge on any atom is 0.234 e. The number of benzene rings is 1. The summed E-state index contributed by atoms with van der Waals surface area (Å²) < 4.78 is 5.40. The van der Waals surface area contributed by atoms with E-state index in [4.69, 9.17) is 4.42 Å². The summed E-state index contributed by atoms with van der Waals surface area (Å²) in [6, 6.07) is 9.17. The van der Waals surface area contributed by atoms with Crippen LogP contribution in [0.2, 0.25) is 0 Å². The van der Waals surface area contributed by atoms with Crippen LogP contribution in [0.1, 0.15) is 5.89 Å². The predicted octanol–water partition coefficient (Wildman–Crippen LogP) is 3.26. The molecule has 3 aromatic rings. The van der Waals surface area contributed by atoms with Crippen molar-refractivity contribution < 1.29 is 9.21 Å². The Labute approximate surface area is 125 Å². The fourth-order valence-corrected chi connectivity index (χ4v) is 2.58. The molecule has 1 amide bonds. The lowest BCUT2D eigenvalue weighted by molar-refractivity contribution is -0.113. The summed E-state index contributed by atoms with van der Waals surface area (Å²) in [6.45, 7) is 1.80. The molecule has 0 saturated heterocycles. The molecule has 106 valence electrons. The lowest BCUT2D eigenvalue weighted by Gasteiger charge is -2.04. The van der Waals surface area contributed by atoms with Crippen molar-refractivity contribution in [1.82, 2.24) is 9.97 Å². The minimum Gasteiger partial charge on any atom is -0.441 e. The molecule has 2 heterocycles. The van der Waals surface area contributed by atoms with Crippen LogP contribution in [-0.2, 0) is 4.79 Å². The summed E-state index contributed by atoms with van der Waals surface area (Å²) in [5.74, 6) is 0.901. The quantitative estimate of drug-likeness (QED) is 0.749. The molecule has 0 spiro atoms. The van der Waals surface area contributed by atoms with Gasteiger partial charge in [0.05, 0.1) is 5.75 Å². The van der Waals surface area contributed by atoms with Crippen LogP contribution in [0.5, 0.6) is 0 Å². The number of pyridine rings is 1. The molecule has 0 fully saturated rings. The second-order valence-corrected chi connectivity index (χ2v) is 5.48. The van der Waals surface area contributed by atoms with Crippen molar-refractivity contribution in [2.24, 2.45) is 0 Å². The van der Waals surface area contributed by atoms with Crippen molar-refractivity contribution in [2.75, 3.05) is 11.1 Å². The number of nitrogens with one attached hydrogen (secondary N) is 1. The third kappa shape index (κ3) is 3.41. The van der Waals surface area contributed by atoms with Crippen LogP contribution in [0.4, 0.5) is 5.69 Å². The van der Waals surface area contributed by atoms with E-state index in [1.807, 2.05) is 18.2 Å². The first-order valence-electron chi connectivity index (χ1n) is 6.40. The van der Waals surface area contributed by atoms with E-state index in [2.05, 4.69) is 15.3 Å². The molecular formula is C15H13N3O2S. The Balaban J connectivity index is 1.63. The number of hydrogen-bond donors (Lipinski definition) is 1. The largest absolute Gasteiger partial charge is 0.441 e. The number of aromatic nitrogens is 2. The third-order valence-electron chi connectivity index (χ3n) is 2.80. The Morgan fingerprint density at radius 3 is 2.90 bits per heavy atom. The highest BCUT2D eigenvalue weighted by Crippen LogP contribution is 2.21. The zero-order valence-electron chi connectivity index (χ0n) is 11.4. The number of fused-ring (bicyclic) bond motifs is 1. The average molecular weight is 299 g/mol. The van der Waals surface area contributed by atoms with Crippen LogP contribution in [0, 0.1) is 6.92 Å². The van der Waals surface area contributed by atoms with E-state index in [0.29, 0.717) is 11.6 Å². The molecule has 0 bridgehead atoms. The standard InChI is InChI=1S/C15H13N3O2S/c1-10-17-13-8-11(2-3-14(13)20-10)18-15(19)9-21-12-4-6-16-7-5-12/h2-8H,9H2,1H3,(H,18,19). The molecular weight excluding hydrogens is 286 g/mol. The first kappa shape index (κ1) is 13.6. The van der Waals surface area contributed by atoms with Crippen molar-refractivity contribution in [3.8, 4) is 0 Å². The van der Waals surface area contributed by atoms with Gasteiger partial charge in [-0.2, -0.15) is 0 Å². The number of rotatable bonds is 4. The van der Waals surface area contributed by atoms with Crippen molar-refractivity contribution in [3.05, 3.63) is 48.6 Å². The lowest BCUT2D eigenvalue weighted by atomic mass is 10.3. The van der Waals surface area contributed by atoms with E-state index >= 15 is 0 Å². The highest BCUT2D eigenvalue weighted by atomic mass is 32.2. The zero-order valence-corrected chi connectivity index (χ0v) is 12.2. The molecule has 21 heavy (non-hydrogen) atoms. The number of oxazole rings is 1. The predicted molar refractivity (Wildman–Crippen MR) is 82.3 cm³/mol. The van der Waals surface area contributed by atoms with Crippen LogP contribution >= 0.6 is 11.8 Å². The maximum absolute atomic E-state index is 11.9. The normalized spacial score (nSPS) is 10.7. The van der Waals surface area contributed by atoms with E-state index in [1.54, 1.807) is 31.5 Å². The number of aryl methyl sites for hydroxylation is 1. The number of anilines is 1. The molecule has 0 aliphatic heterocycles. The van der Waals surface area contributed by atoms with Gasteiger partial charge < -0.3 is 9.73 Å². The van der Waals surface area contributed by atoms with Gasteiger partial charge in [-0.25, -0.2) is 4.98 Å². The van der Waals surface area contributed by atoms with E-state index in [0.717, 1.165) is 21.7 Å². The van der Waals surface area contributed by atoms with Crippen LogP contribution < -0.4 is 5.32 Å². The maximum atomic E-state index is 11.9. The smallest absolute Gasteiger partial charge is 0.234 e. The summed E-state index contributed by atoms with van der Waals surface area (Å²) >= 11 is 1.47.